The number of halogens is 1. The van der Waals surface area contributed by atoms with Crippen LogP contribution in [0, 0.1) is 11.7 Å². The standard InChI is InChI=1S/C16H27FN4/c1-4-18-16-19-11-14(17)15(20-16)21(10-9-12(2)3)13-7-5-6-8-13/h11-13H,4-10H2,1-3H3,(H,18,19,20). The summed E-state index contributed by atoms with van der Waals surface area (Å²) < 4.78 is 14.2. The average Bonchev–Trinajstić information content (AvgIpc) is 2.96. The maximum Gasteiger partial charge on any atom is 0.224 e. The van der Waals surface area contributed by atoms with Gasteiger partial charge in [-0.2, -0.15) is 4.98 Å². The van der Waals surface area contributed by atoms with Crippen molar-refractivity contribution in [3.63, 3.8) is 0 Å². The molecule has 118 valence electrons. The van der Waals surface area contributed by atoms with Crippen molar-refractivity contribution in [3.05, 3.63) is 12.0 Å². The van der Waals surface area contributed by atoms with Gasteiger partial charge in [0.05, 0.1) is 6.20 Å². The van der Waals surface area contributed by atoms with E-state index in [1.54, 1.807) is 0 Å². The van der Waals surface area contributed by atoms with Crippen LogP contribution < -0.4 is 10.2 Å². The molecule has 0 aliphatic heterocycles. The zero-order valence-corrected chi connectivity index (χ0v) is 13.4. The molecular formula is C16H27FN4. The van der Waals surface area contributed by atoms with Crippen LogP contribution >= 0.6 is 0 Å². The summed E-state index contributed by atoms with van der Waals surface area (Å²) in [6.45, 7) is 7.99. The molecule has 1 aromatic rings. The highest BCUT2D eigenvalue weighted by Crippen LogP contribution is 2.29. The molecule has 0 atom stereocenters. The van der Waals surface area contributed by atoms with Gasteiger partial charge in [-0.25, -0.2) is 9.37 Å². The Labute approximate surface area is 127 Å². The largest absolute Gasteiger partial charge is 0.354 e. The van der Waals surface area contributed by atoms with Crippen molar-refractivity contribution in [1.29, 1.82) is 0 Å². The third kappa shape index (κ3) is 4.29. The van der Waals surface area contributed by atoms with E-state index in [1.807, 2.05) is 6.92 Å². The predicted octanol–water partition coefficient (Wildman–Crippen LogP) is 3.84. The normalized spacial score (nSPS) is 15.7. The van der Waals surface area contributed by atoms with Crippen LogP contribution in [-0.2, 0) is 0 Å². The lowest BCUT2D eigenvalue weighted by Crippen LogP contribution is -2.36. The van der Waals surface area contributed by atoms with Gasteiger partial charge in [-0.1, -0.05) is 26.7 Å². The average molecular weight is 294 g/mol. The van der Waals surface area contributed by atoms with Gasteiger partial charge in [-0.15, -0.1) is 0 Å². The predicted molar refractivity (Wildman–Crippen MR) is 85.2 cm³/mol. The van der Waals surface area contributed by atoms with Crippen molar-refractivity contribution in [2.24, 2.45) is 5.92 Å². The van der Waals surface area contributed by atoms with Crippen LogP contribution in [0.2, 0.25) is 0 Å². The maximum absolute atomic E-state index is 14.2. The Kier molecular flexibility index (Phi) is 5.76. The van der Waals surface area contributed by atoms with E-state index in [4.69, 9.17) is 0 Å². The van der Waals surface area contributed by atoms with Crippen molar-refractivity contribution in [2.45, 2.75) is 58.9 Å². The third-order valence-electron chi connectivity index (χ3n) is 4.05. The number of anilines is 2. The van der Waals surface area contributed by atoms with Gasteiger partial charge in [0.1, 0.15) is 0 Å². The topological polar surface area (TPSA) is 41.1 Å². The van der Waals surface area contributed by atoms with Crippen molar-refractivity contribution in [1.82, 2.24) is 9.97 Å². The smallest absolute Gasteiger partial charge is 0.224 e. The number of rotatable bonds is 7. The molecule has 0 radical (unpaired) electrons. The Morgan fingerprint density at radius 2 is 2.10 bits per heavy atom. The molecule has 0 bridgehead atoms. The van der Waals surface area contributed by atoms with Crippen LogP contribution in [0.25, 0.3) is 0 Å². The summed E-state index contributed by atoms with van der Waals surface area (Å²) in [5, 5.41) is 3.07. The molecule has 0 amide bonds. The Hall–Kier alpha value is -1.39. The Bertz CT molecular complexity index is 444. The number of nitrogens with one attached hydrogen (secondary N) is 1. The quantitative estimate of drug-likeness (QED) is 0.829. The zero-order chi connectivity index (χ0) is 15.2. The van der Waals surface area contributed by atoms with E-state index in [9.17, 15) is 4.39 Å². The van der Waals surface area contributed by atoms with E-state index in [0.717, 1.165) is 32.4 Å². The zero-order valence-electron chi connectivity index (χ0n) is 13.4. The monoisotopic (exact) mass is 294 g/mol. The molecule has 1 heterocycles. The van der Waals surface area contributed by atoms with Crippen LogP contribution in [0.4, 0.5) is 16.2 Å². The Morgan fingerprint density at radius 1 is 1.38 bits per heavy atom. The lowest BCUT2D eigenvalue weighted by molar-refractivity contribution is 0.510. The molecule has 1 aliphatic rings. The second kappa shape index (κ2) is 7.57. The molecule has 4 nitrogen and oxygen atoms in total. The number of hydrogen-bond donors (Lipinski definition) is 1. The van der Waals surface area contributed by atoms with Gasteiger partial charge >= 0.3 is 0 Å². The molecule has 1 saturated carbocycles. The molecule has 0 aromatic carbocycles. The molecule has 5 heteroatoms. The van der Waals surface area contributed by atoms with E-state index in [1.165, 1.54) is 19.0 Å². The van der Waals surface area contributed by atoms with Crippen molar-refractivity contribution in [3.8, 4) is 0 Å². The summed E-state index contributed by atoms with van der Waals surface area (Å²) >= 11 is 0. The number of hydrogen-bond acceptors (Lipinski definition) is 4. The Morgan fingerprint density at radius 3 is 2.71 bits per heavy atom. The number of nitrogens with zero attached hydrogens (tertiary/aromatic N) is 3. The molecule has 1 N–H and O–H groups in total. The first-order chi connectivity index (χ1) is 10.1. The second-order valence-electron chi connectivity index (χ2n) is 6.21. The molecule has 0 spiro atoms. The Balaban J connectivity index is 2.23. The fourth-order valence-corrected chi connectivity index (χ4v) is 2.88. The summed E-state index contributed by atoms with van der Waals surface area (Å²) in [5.74, 6) is 1.27. The molecule has 21 heavy (non-hydrogen) atoms. The van der Waals surface area contributed by atoms with Gasteiger partial charge in [-0.05, 0) is 32.1 Å². The van der Waals surface area contributed by atoms with Crippen molar-refractivity contribution >= 4 is 11.8 Å². The summed E-state index contributed by atoms with van der Waals surface area (Å²) in [6.07, 6.45) is 7.08. The van der Waals surface area contributed by atoms with Gasteiger partial charge in [0.15, 0.2) is 11.6 Å². The molecular weight excluding hydrogens is 267 g/mol. The van der Waals surface area contributed by atoms with E-state index in [2.05, 4.69) is 34.0 Å². The van der Waals surface area contributed by atoms with Crippen LogP contribution in [0.15, 0.2) is 6.20 Å². The minimum Gasteiger partial charge on any atom is -0.354 e. The maximum atomic E-state index is 14.2. The molecule has 0 saturated heterocycles. The van der Waals surface area contributed by atoms with Crippen molar-refractivity contribution < 1.29 is 4.39 Å². The fraction of sp³-hybridized carbons (Fsp3) is 0.750. The first-order valence-corrected chi connectivity index (χ1v) is 8.14. The molecule has 1 fully saturated rings. The first-order valence-electron chi connectivity index (χ1n) is 8.14. The molecule has 1 aromatic heterocycles. The van der Waals surface area contributed by atoms with Crippen LogP contribution in [0.1, 0.15) is 52.9 Å². The minimum absolute atomic E-state index is 0.313. The SMILES string of the molecule is CCNc1ncc(F)c(N(CCC(C)C)C2CCCC2)n1. The van der Waals surface area contributed by atoms with E-state index < -0.39 is 0 Å². The van der Waals surface area contributed by atoms with Gasteiger partial charge < -0.3 is 10.2 Å². The number of aromatic nitrogens is 2. The second-order valence-corrected chi connectivity index (χ2v) is 6.21. The summed E-state index contributed by atoms with van der Waals surface area (Å²) in [5.41, 5.74) is 0. The lowest BCUT2D eigenvalue weighted by atomic mass is 10.1. The van der Waals surface area contributed by atoms with Crippen LogP contribution in [0.3, 0.4) is 0 Å². The summed E-state index contributed by atoms with van der Waals surface area (Å²) in [6, 6.07) is 0.419. The van der Waals surface area contributed by atoms with Crippen molar-refractivity contribution in [2.75, 3.05) is 23.3 Å². The summed E-state index contributed by atoms with van der Waals surface area (Å²) in [4.78, 5) is 10.6. The first kappa shape index (κ1) is 16.0. The van der Waals surface area contributed by atoms with Gasteiger partial charge in [0.2, 0.25) is 5.95 Å². The highest BCUT2D eigenvalue weighted by atomic mass is 19.1. The van der Waals surface area contributed by atoms with Crippen LogP contribution in [0.5, 0.6) is 0 Å². The summed E-state index contributed by atoms with van der Waals surface area (Å²) in [7, 11) is 0. The van der Waals surface area contributed by atoms with Gasteiger partial charge in [-0.3, -0.25) is 0 Å². The van der Waals surface area contributed by atoms with E-state index in [-0.39, 0.29) is 5.82 Å². The minimum atomic E-state index is -0.313. The van der Waals surface area contributed by atoms with E-state index in [0.29, 0.717) is 23.7 Å². The molecule has 1 aliphatic carbocycles. The van der Waals surface area contributed by atoms with Crippen LogP contribution in [-0.4, -0.2) is 29.1 Å². The highest BCUT2D eigenvalue weighted by molar-refractivity contribution is 5.45. The fourth-order valence-electron chi connectivity index (χ4n) is 2.88. The molecule has 0 unspecified atom stereocenters. The molecule has 2 rings (SSSR count). The lowest BCUT2D eigenvalue weighted by Gasteiger charge is -2.31. The highest BCUT2D eigenvalue weighted by Gasteiger charge is 2.26. The third-order valence-corrected chi connectivity index (χ3v) is 4.05. The van der Waals surface area contributed by atoms with E-state index >= 15 is 0 Å². The van der Waals surface area contributed by atoms with Gasteiger partial charge in [0.25, 0.3) is 0 Å². The van der Waals surface area contributed by atoms with Gasteiger partial charge in [0, 0.05) is 19.1 Å².